The Morgan fingerprint density at radius 3 is 1.49 bits per heavy atom. The lowest BCUT2D eigenvalue weighted by atomic mass is 9.82. The van der Waals surface area contributed by atoms with Crippen molar-refractivity contribution in [1.29, 1.82) is 0 Å². The number of benzene rings is 8. The molecule has 0 amide bonds. The van der Waals surface area contributed by atoms with Crippen molar-refractivity contribution < 1.29 is 0 Å². The minimum absolute atomic E-state index is 0.0927. The summed E-state index contributed by atoms with van der Waals surface area (Å²) in [6.45, 7) is 9.29. The number of thiophene rings is 1. The summed E-state index contributed by atoms with van der Waals surface area (Å²) in [6, 6.07) is 59.7. The average molecular weight is 774 g/mol. The molecule has 0 radical (unpaired) electrons. The van der Waals surface area contributed by atoms with Crippen molar-refractivity contribution in [3.05, 3.63) is 186 Å². The molecule has 0 saturated carbocycles. The number of aromatic nitrogens is 3. The third kappa shape index (κ3) is 4.96. The molecular formula is C55H39N3S. The molecule has 2 heterocycles. The van der Waals surface area contributed by atoms with Crippen molar-refractivity contribution in [3.8, 4) is 67.5 Å². The van der Waals surface area contributed by atoms with Crippen molar-refractivity contribution in [3.63, 3.8) is 0 Å². The van der Waals surface area contributed by atoms with Gasteiger partial charge in [-0.15, -0.1) is 11.3 Å². The molecule has 0 saturated heterocycles. The SMILES string of the molecule is CC1(C)c2ccccc2-c2cc(-c3nc(-c4ccc5c(c4)-c4ccccc4C5(C)C)nc(-c4cc5c(sc6cccc(-c7ccccc7)c65)c5ccccc45)n3)ccc21. The fraction of sp³-hybridized carbons (Fsp3) is 0.109. The van der Waals surface area contributed by atoms with E-state index in [0.29, 0.717) is 17.5 Å². The van der Waals surface area contributed by atoms with Crippen molar-refractivity contribution in [1.82, 2.24) is 15.0 Å². The number of hydrogen-bond donors (Lipinski definition) is 0. The molecule has 10 aromatic rings. The Labute approximate surface area is 347 Å². The van der Waals surface area contributed by atoms with Crippen LogP contribution in [0.4, 0.5) is 0 Å². The van der Waals surface area contributed by atoms with Crippen LogP contribution in [-0.4, -0.2) is 15.0 Å². The van der Waals surface area contributed by atoms with Crippen LogP contribution in [0.2, 0.25) is 0 Å². The third-order valence-electron chi connectivity index (χ3n) is 13.1. The van der Waals surface area contributed by atoms with Crippen LogP contribution in [0.1, 0.15) is 49.9 Å². The topological polar surface area (TPSA) is 38.7 Å². The first-order valence-corrected chi connectivity index (χ1v) is 21.3. The first-order valence-electron chi connectivity index (χ1n) is 20.4. The molecule has 2 aromatic heterocycles. The number of fused-ring (bicyclic) bond motifs is 11. The van der Waals surface area contributed by atoms with Gasteiger partial charge in [0, 0.05) is 53.1 Å². The predicted octanol–water partition coefficient (Wildman–Crippen LogP) is 14.7. The molecule has 0 unspecified atom stereocenters. The number of rotatable bonds is 4. The minimum Gasteiger partial charge on any atom is -0.208 e. The van der Waals surface area contributed by atoms with Crippen LogP contribution >= 0.6 is 11.3 Å². The molecule has 0 bridgehead atoms. The second-order valence-electron chi connectivity index (χ2n) is 17.2. The smallest absolute Gasteiger partial charge is 0.164 e. The summed E-state index contributed by atoms with van der Waals surface area (Å²) < 4.78 is 2.54. The Hall–Kier alpha value is -6.75. The van der Waals surface area contributed by atoms with E-state index in [0.717, 1.165) is 22.1 Å². The highest BCUT2D eigenvalue weighted by Gasteiger charge is 2.37. The molecule has 0 atom stereocenters. The zero-order valence-electron chi connectivity index (χ0n) is 33.3. The Morgan fingerprint density at radius 2 is 0.864 bits per heavy atom. The standard InChI is InChI=1S/C55H39N3S/c1-54(2)44-22-12-10-18-37(44)40-29-33(25-27-46(40)54)51-56-52(34-26-28-47-41(30-34)38-19-11-13-23-45(38)55(47,3)4)58-53(57-51)42-31-43-49-35(32-15-6-5-7-16-32)21-14-24-48(49)59-50(43)39-20-9-8-17-36(39)42/h5-31H,1-4H3. The van der Waals surface area contributed by atoms with Gasteiger partial charge in [-0.25, -0.2) is 15.0 Å². The molecule has 4 heteroatoms. The summed E-state index contributed by atoms with van der Waals surface area (Å²) >= 11 is 1.86. The van der Waals surface area contributed by atoms with Gasteiger partial charge in [0.15, 0.2) is 17.5 Å². The van der Waals surface area contributed by atoms with Gasteiger partial charge in [0.05, 0.1) is 0 Å². The van der Waals surface area contributed by atoms with Gasteiger partial charge < -0.3 is 0 Å². The normalized spacial score (nSPS) is 14.4. The summed E-state index contributed by atoms with van der Waals surface area (Å²) in [5.41, 5.74) is 15.6. The van der Waals surface area contributed by atoms with Crippen LogP contribution in [0, 0.1) is 0 Å². The summed E-state index contributed by atoms with van der Waals surface area (Å²) in [5.74, 6) is 2.00. The van der Waals surface area contributed by atoms with E-state index in [4.69, 9.17) is 15.0 Å². The van der Waals surface area contributed by atoms with Gasteiger partial charge in [-0.05, 0) is 85.3 Å². The molecule has 0 fully saturated rings. The first-order chi connectivity index (χ1) is 28.8. The second kappa shape index (κ2) is 12.4. The van der Waals surface area contributed by atoms with E-state index in [9.17, 15) is 0 Å². The lowest BCUT2D eigenvalue weighted by molar-refractivity contribution is 0.660. The second-order valence-corrected chi connectivity index (χ2v) is 18.2. The predicted molar refractivity (Wildman–Crippen MR) is 247 cm³/mol. The molecule has 12 rings (SSSR count). The molecular weight excluding hydrogens is 735 g/mol. The number of nitrogens with zero attached hydrogens (tertiary/aromatic N) is 3. The van der Waals surface area contributed by atoms with Crippen LogP contribution in [0.5, 0.6) is 0 Å². The molecule has 2 aliphatic carbocycles. The van der Waals surface area contributed by atoms with Gasteiger partial charge in [0.25, 0.3) is 0 Å². The maximum Gasteiger partial charge on any atom is 0.164 e. The molecule has 0 spiro atoms. The van der Waals surface area contributed by atoms with Crippen molar-refractivity contribution in [2.45, 2.75) is 38.5 Å². The van der Waals surface area contributed by atoms with Gasteiger partial charge in [0.1, 0.15) is 0 Å². The molecule has 0 N–H and O–H groups in total. The van der Waals surface area contributed by atoms with E-state index in [1.165, 1.54) is 81.2 Å². The van der Waals surface area contributed by atoms with Gasteiger partial charge in [-0.2, -0.15) is 0 Å². The Kier molecular flexibility index (Phi) is 7.20. The van der Waals surface area contributed by atoms with Crippen LogP contribution in [0.15, 0.2) is 164 Å². The fourth-order valence-corrected chi connectivity index (χ4v) is 11.4. The van der Waals surface area contributed by atoms with Gasteiger partial charge >= 0.3 is 0 Å². The van der Waals surface area contributed by atoms with Crippen LogP contribution < -0.4 is 0 Å². The zero-order chi connectivity index (χ0) is 39.6. The highest BCUT2D eigenvalue weighted by atomic mass is 32.1. The first kappa shape index (κ1) is 34.3. The lowest BCUT2D eigenvalue weighted by Gasteiger charge is -2.21. The van der Waals surface area contributed by atoms with Crippen molar-refractivity contribution in [2.24, 2.45) is 0 Å². The Bertz CT molecular complexity index is 3270. The van der Waals surface area contributed by atoms with E-state index in [1.54, 1.807) is 0 Å². The average Bonchev–Trinajstić information content (AvgIpc) is 3.86. The Balaban J connectivity index is 1.13. The quantitative estimate of drug-likeness (QED) is 0.179. The molecule has 2 aliphatic rings. The largest absolute Gasteiger partial charge is 0.208 e. The summed E-state index contributed by atoms with van der Waals surface area (Å²) in [7, 11) is 0. The summed E-state index contributed by atoms with van der Waals surface area (Å²) in [5, 5.41) is 4.82. The maximum absolute atomic E-state index is 5.43. The van der Waals surface area contributed by atoms with Crippen molar-refractivity contribution in [2.75, 3.05) is 0 Å². The van der Waals surface area contributed by atoms with Crippen LogP contribution in [0.3, 0.4) is 0 Å². The van der Waals surface area contributed by atoms with E-state index >= 15 is 0 Å². The van der Waals surface area contributed by atoms with E-state index in [1.807, 2.05) is 11.3 Å². The highest BCUT2D eigenvalue weighted by molar-refractivity contribution is 7.26. The maximum atomic E-state index is 5.43. The van der Waals surface area contributed by atoms with Crippen LogP contribution in [0.25, 0.3) is 98.5 Å². The van der Waals surface area contributed by atoms with Crippen molar-refractivity contribution >= 4 is 42.3 Å². The van der Waals surface area contributed by atoms with E-state index < -0.39 is 0 Å². The highest BCUT2D eigenvalue weighted by Crippen LogP contribution is 2.51. The van der Waals surface area contributed by atoms with E-state index in [2.05, 4.69) is 191 Å². The lowest BCUT2D eigenvalue weighted by Crippen LogP contribution is -2.14. The molecule has 0 aliphatic heterocycles. The van der Waals surface area contributed by atoms with Gasteiger partial charge in [0.2, 0.25) is 0 Å². The molecule has 59 heavy (non-hydrogen) atoms. The third-order valence-corrected chi connectivity index (χ3v) is 14.4. The Morgan fingerprint density at radius 1 is 0.356 bits per heavy atom. The zero-order valence-corrected chi connectivity index (χ0v) is 34.2. The monoisotopic (exact) mass is 773 g/mol. The van der Waals surface area contributed by atoms with Gasteiger partial charge in [-0.3, -0.25) is 0 Å². The fourth-order valence-electron chi connectivity index (χ4n) is 10.2. The van der Waals surface area contributed by atoms with Crippen LogP contribution in [-0.2, 0) is 10.8 Å². The molecule has 3 nitrogen and oxygen atoms in total. The summed E-state index contributed by atoms with van der Waals surface area (Å²) in [4.78, 5) is 16.2. The summed E-state index contributed by atoms with van der Waals surface area (Å²) in [6.07, 6.45) is 0. The number of hydrogen-bond acceptors (Lipinski definition) is 4. The van der Waals surface area contributed by atoms with E-state index in [-0.39, 0.29) is 10.8 Å². The molecule has 280 valence electrons. The molecule has 8 aromatic carbocycles. The minimum atomic E-state index is -0.0927. The van der Waals surface area contributed by atoms with Gasteiger partial charge in [-0.1, -0.05) is 167 Å².